The van der Waals surface area contributed by atoms with Crippen LogP contribution in [0.15, 0.2) is 65.9 Å². The molecule has 0 saturated heterocycles. The maximum atomic E-state index is 11.3. The van der Waals surface area contributed by atoms with Gasteiger partial charge in [0.1, 0.15) is 5.84 Å². The van der Waals surface area contributed by atoms with Gasteiger partial charge in [-0.1, -0.05) is 30.3 Å². The zero-order valence-corrected chi connectivity index (χ0v) is 12.3. The molecule has 5 nitrogen and oxygen atoms in total. The van der Waals surface area contributed by atoms with Gasteiger partial charge in [-0.05, 0) is 29.8 Å². The Kier molecular flexibility index (Phi) is 4.93. The van der Waals surface area contributed by atoms with Crippen LogP contribution >= 0.6 is 0 Å². The lowest BCUT2D eigenvalue weighted by atomic mass is 10.1. The van der Waals surface area contributed by atoms with Gasteiger partial charge in [0.25, 0.3) is 0 Å². The molecule has 2 aromatic rings. The van der Waals surface area contributed by atoms with E-state index in [1.165, 1.54) is 0 Å². The Hall–Kier alpha value is -3.08. The van der Waals surface area contributed by atoms with Crippen LogP contribution in [0.3, 0.4) is 0 Å². The summed E-state index contributed by atoms with van der Waals surface area (Å²) in [5.41, 5.74) is 8.81. The van der Waals surface area contributed by atoms with Crippen molar-refractivity contribution in [2.24, 2.45) is 16.7 Å². The maximum Gasteiger partial charge on any atom is 0.152 e. The molecule has 0 aliphatic heterocycles. The van der Waals surface area contributed by atoms with Crippen LogP contribution in [-0.2, 0) is 4.79 Å². The van der Waals surface area contributed by atoms with E-state index in [4.69, 9.17) is 11.6 Å². The average Bonchev–Trinajstić information content (AvgIpc) is 2.59. The van der Waals surface area contributed by atoms with Crippen molar-refractivity contribution in [2.75, 3.05) is 11.9 Å². The third kappa shape index (κ3) is 3.52. The molecule has 5 heteroatoms. The topological polar surface area (TPSA) is 84.7 Å². The summed E-state index contributed by atoms with van der Waals surface area (Å²) in [4.78, 5) is 13.2. The summed E-state index contributed by atoms with van der Waals surface area (Å²) in [6, 6.07) is 16.9. The first-order valence-electron chi connectivity index (χ1n) is 6.74. The van der Waals surface area contributed by atoms with E-state index in [1.54, 1.807) is 6.20 Å². The predicted octanol–water partition coefficient (Wildman–Crippen LogP) is 1.94. The molecule has 2 rings (SSSR count). The van der Waals surface area contributed by atoms with Crippen molar-refractivity contribution < 1.29 is 4.79 Å². The number of carbonyl (C=O) groups is 1. The second kappa shape index (κ2) is 7.08. The molecule has 2 aromatic carbocycles. The van der Waals surface area contributed by atoms with Gasteiger partial charge in [-0.15, -0.1) is 0 Å². The average molecular weight is 294 g/mol. The molecule has 22 heavy (non-hydrogen) atoms. The zero-order chi connectivity index (χ0) is 15.9. The van der Waals surface area contributed by atoms with E-state index in [9.17, 15) is 4.79 Å². The van der Waals surface area contributed by atoms with Crippen LogP contribution in [0.2, 0.25) is 0 Å². The van der Waals surface area contributed by atoms with E-state index >= 15 is 0 Å². The Bertz CT molecular complexity index is 690. The van der Waals surface area contributed by atoms with Gasteiger partial charge in [0.15, 0.2) is 6.29 Å². The molecule has 0 atom stereocenters. The van der Waals surface area contributed by atoms with Gasteiger partial charge < -0.3 is 16.5 Å². The van der Waals surface area contributed by atoms with E-state index in [0.717, 1.165) is 23.1 Å². The Labute approximate surface area is 129 Å². The molecule has 0 radical (unpaired) electrons. The number of hydrazone groups is 1. The summed E-state index contributed by atoms with van der Waals surface area (Å²) >= 11 is 0. The van der Waals surface area contributed by atoms with E-state index in [1.807, 2.05) is 66.5 Å². The molecule has 0 saturated carbocycles. The minimum Gasteiger partial charge on any atom is -0.382 e. The number of nitrogens with zero attached hydrogens (tertiary/aromatic N) is 2. The Morgan fingerprint density at radius 3 is 2.23 bits per heavy atom. The van der Waals surface area contributed by atoms with E-state index in [-0.39, 0.29) is 5.84 Å². The van der Waals surface area contributed by atoms with Crippen LogP contribution in [0.1, 0.15) is 11.1 Å². The Balaban J connectivity index is 2.25. The van der Waals surface area contributed by atoms with Crippen molar-refractivity contribution in [3.63, 3.8) is 0 Å². The maximum absolute atomic E-state index is 11.3. The molecule has 0 aliphatic carbocycles. The van der Waals surface area contributed by atoms with Crippen LogP contribution in [-0.4, -0.2) is 19.2 Å². The summed E-state index contributed by atoms with van der Waals surface area (Å²) in [7, 11) is 1.88. The standard InChI is InChI=1S/C17H18N4O/c1-21(11-15(12-22)13-5-3-2-4-6-13)16-9-7-14(8-10-16)17(18)20-19/h2-12H,19H2,1H3,(H2,18,20)/b15-11-. The minimum atomic E-state index is 0.280. The lowest BCUT2D eigenvalue weighted by Crippen LogP contribution is -2.16. The number of amidine groups is 1. The lowest BCUT2D eigenvalue weighted by Gasteiger charge is -2.16. The number of nitrogens with two attached hydrogens (primary N) is 2. The fourth-order valence-corrected chi connectivity index (χ4v) is 2.03. The molecule has 4 N–H and O–H groups in total. The smallest absolute Gasteiger partial charge is 0.152 e. The minimum absolute atomic E-state index is 0.280. The first kappa shape index (κ1) is 15.3. The van der Waals surface area contributed by atoms with Crippen molar-refractivity contribution in [3.05, 3.63) is 71.9 Å². The summed E-state index contributed by atoms with van der Waals surface area (Å²) in [6.45, 7) is 0. The number of hydrogen-bond donors (Lipinski definition) is 2. The van der Waals surface area contributed by atoms with Crippen LogP contribution in [0.5, 0.6) is 0 Å². The number of benzene rings is 2. The van der Waals surface area contributed by atoms with Gasteiger partial charge in [-0.3, -0.25) is 4.79 Å². The van der Waals surface area contributed by atoms with Gasteiger partial charge in [0.05, 0.1) is 0 Å². The zero-order valence-electron chi connectivity index (χ0n) is 12.3. The second-order valence-corrected chi connectivity index (χ2v) is 4.74. The lowest BCUT2D eigenvalue weighted by molar-refractivity contribution is -0.103. The molecule has 0 spiro atoms. The van der Waals surface area contributed by atoms with Gasteiger partial charge in [0, 0.05) is 30.1 Å². The Morgan fingerprint density at radius 2 is 1.68 bits per heavy atom. The molecule has 0 unspecified atom stereocenters. The molecule has 112 valence electrons. The number of allylic oxidation sites excluding steroid dienone is 1. The molecule has 0 fully saturated rings. The highest BCUT2D eigenvalue weighted by atomic mass is 16.1. The van der Waals surface area contributed by atoms with Crippen molar-refractivity contribution in [2.45, 2.75) is 0 Å². The van der Waals surface area contributed by atoms with Crippen LogP contribution in [0.4, 0.5) is 5.69 Å². The number of anilines is 1. The first-order valence-corrected chi connectivity index (χ1v) is 6.74. The fraction of sp³-hybridized carbons (Fsp3) is 0.0588. The largest absolute Gasteiger partial charge is 0.382 e. The number of aldehydes is 1. The van der Waals surface area contributed by atoms with Gasteiger partial charge in [-0.25, -0.2) is 0 Å². The Morgan fingerprint density at radius 1 is 1.05 bits per heavy atom. The van der Waals surface area contributed by atoms with Crippen molar-refractivity contribution >= 4 is 23.4 Å². The van der Waals surface area contributed by atoms with Crippen LogP contribution < -0.4 is 16.5 Å². The second-order valence-electron chi connectivity index (χ2n) is 4.74. The van der Waals surface area contributed by atoms with Crippen LogP contribution in [0, 0.1) is 0 Å². The molecule has 0 amide bonds. The molecule has 0 aromatic heterocycles. The summed E-state index contributed by atoms with van der Waals surface area (Å²) < 4.78 is 0. The summed E-state index contributed by atoms with van der Waals surface area (Å²) in [6.07, 6.45) is 2.64. The number of carbonyl (C=O) groups excluding carboxylic acids is 1. The summed E-state index contributed by atoms with van der Waals surface area (Å²) in [5, 5.41) is 3.46. The molecule has 0 aliphatic rings. The number of rotatable bonds is 5. The first-order chi connectivity index (χ1) is 10.7. The molecule has 0 bridgehead atoms. The SMILES string of the molecule is CN(/C=C(/C=O)c1ccccc1)c1ccc(/C(N)=N/N)cc1. The van der Waals surface area contributed by atoms with Gasteiger partial charge >= 0.3 is 0 Å². The van der Waals surface area contributed by atoms with E-state index in [0.29, 0.717) is 5.57 Å². The monoisotopic (exact) mass is 294 g/mol. The van der Waals surface area contributed by atoms with E-state index in [2.05, 4.69) is 5.10 Å². The third-order valence-electron chi connectivity index (χ3n) is 3.28. The highest BCUT2D eigenvalue weighted by Gasteiger charge is 2.04. The summed E-state index contributed by atoms with van der Waals surface area (Å²) in [5.74, 6) is 5.43. The fourth-order valence-electron chi connectivity index (χ4n) is 2.03. The molecule has 0 heterocycles. The van der Waals surface area contributed by atoms with Crippen LogP contribution in [0.25, 0.3) is 5.57 Å². The van der Waals surface area contributed by atoms with E-state index < -0.39 is 0 Å². The van der Waals surface area contributed by atoms with Gasteiger partial charge in [0.2, 0.25) is 0 Å². The predicted molar refractivity (Wildman–Crippen MR) is 90.2 cm³/mol. The van der Waals surface area contributed by atoms with Crippen molar-refractivity contribution in [3.8, 4) is 0 Å². The highest BCUT2D eigenvalue weighted by Crippen LogP contribution is 2.18. The van der Waals surface area contributed by atoms with Crippen molar-refractivity contribution in [1.82, 2.24) is 0 Å². The number of hydrogen-bond acceptors (Lipinski definition) is 4. The quantitative estimate of drug-likeness (QED) is 0.220. The third-order valence-corrected chi connectivity index (χ3v) is 3.28. The molecular formula is C17H18N4O. The normalized spacial score (nSPS) is 12.0. The molecular weight excluding hydrogens is 276 g/mol. The van der Waals surface area contributed by atoms with Crippen molar-refractivity contribution in [1.29, 1.82) is 0 Å². The van der Waals surface area contributed by atoms with Gasteiger partial charge in [-0.2, -0.15) is 5.10 Å². The highest BCUT2D eigenvalue weighted by molar-refractivity contribution is 6.07.